The van der Waals surface area contributed by atoms with Gasteiger partial charge in [0.25, 0.3) is 0 Å². The molecule has 0 spiro atoms. The smallest absolute Gasteiger partial charge is 0.214 e. The van der Waals surface area contributed by atoms with Crippen molar-refractivity contribution in [3.8, 4) is 11.5 Å². The summed E-state index contributed by atoms with van der Waals surface area (Å²) in [7, 11) is -0.206. The van der Waals surface area contributed by atoms with E-state index < -0.39 is 45.2 Å². The normalized spacial score (nSPS) is 19.8. The van der Waals surface area contributed by atoms with E-state index in [0.717, 1.165) is 0 Å². The van der Waals surface area contributed by atoms with E-state index in [1.807, 2.05) is 19.0 Å². The zero-order valence-corrected chi connectivity index (χ0v) is 24.1. The summed E-state index contributed by atoms with van der Waals surface area (Å²) in [6.45, 7) is 1.70. The average Bonchev–Trinajstić information content (AvgIpc) is 2.93. The Morgan fingerprint density at radius 1 is 0.902 bits per heavy atom. The van der Waals surface area contributed by atoms with Crippen LogP contribution in [0.3, 0.4) is 0 Å². The number of Topliss-reactive ketones (excluding diaryl/α,β-unsaturated/α-hetero) is 2. The van der Waals surface area contributed by atoms with Crippen LogP contribution in [-0.2, 0) is 10.0 Å². The highest BCUT2D eigenvalue weighted by Gasteiger charge is 2.48. The van der Waals surface area contributed by atoms with Crippen LogP contribution in [0.1, 0.15) is 44.2 Å². The standard InChI is InChI=1S/C31H35FN2O6S/c1-20-25(12-6-13-28(20)32)29-26(30(37)21-8-4-10-23(35)16-21)18-34(41(39,40)15-7-14-33(2)3)19-27(29)31(38)22-9-5-11-24(36)17-22/h4-6,8-13,16-17,26-27,29,35-36H,7,14-15,18-19H2,1-3H3. The Bertz CT molecular complexity index is 1470. The number of nitrogens with zero attached hydrogens (tertiary/aromatic N) is 2. The summed E-state index contributed by atoms with van der Waals surface area (Å²) in [4.78, 5) is 30.0. The second-order valence-corrected chi connectivity index (χ2v) is 12.9. The molecular formula is C31H35FN2O6S. The number of phenols is 2. The van der Waals surface area contributed by atoms with E-state index in [-0.39, 0.29) is 47.0 Å². The van der Waals surface area contributed by atoms with E-state index in [4.69, 9.17) is 0 Å². The minimum absolute atomic E-state index is 0.134. The lowest BCUT2D eigenvalue weighted by Crippen LogP contribution is -2.53. The van der Waals surface area contributed by atoms with Gasteiger partial charge in [0.05, 0.1) is 5.75 Å². The van der Waals surface area contributed by atoms with Gasteiger partial charge >= 0.3 is 0 Å². The molecule has 3 aromatic carbocycles. The number of hydrogen-bond acceptors (Lipinski definition) is 7. The predicted molar refractivity (Wildman–Crippen MR) is 154 cm³/mol. The molecular weight excluding hydrogens is 547 g/mol. The number of halogens is 1. The molecule has 0 bridgehead atoms. The summed E-state index contributed by atoms with van der Waals surface area (Å²) in [6.07, 6.45) is 0.356. The Balaban J connectivity index is 1.87. The van der Waals surface area contributed by atoms with Crippen molar-refractivity contribution in [3.05, 3.63) is 94.8 Å². The van der Waals surface area contributed by atoms with Gasteiger partial charge in [-0.3, -0.25) is 9.59 Å². The summed E-state index contributed by atoms with van der Waals surface area (Å²) in [5.74, 6) is -4.85. The van der Waals surface area contributed by atoms with E-state index in [9.17, 15) is 32.6 Å². The molecule has 0 amide bonds. The SMILES string of the molecule is Cc1c(F)cccc1C1C(C(=O)c2cccc(O)c2)CN(S(=O)(=O)CCCN(C)C)CC1C(=O)c1cccc(O)c1. The van der Waals surface area contributed by atoms with Crippen molar-refractivity contribution >= 4 is 21.6 Å². The highest BCUT2D eigenvalue weighted by Crippen LogP contribution is 2.43. The molecule has 10 heteroatoms. The molecule has 2 N–H and O–H groups in total. The summed E-state index contributed by atoms with van der Waals surface area (Å²) in [6, 6.07) is 16.0. The van der Waals surface area contributed by atoms with Gasteiger partial charge in [0, 0.05) is 42.0 Å². The second kappa shape index (κ2) is 12.5. The van der Waals surface area contributed by atoms with Crippen molar-refractivity contribution in [1.82, 2.24) is 9.21 Å². The minimum atomic E-state index is -3.89. The molecule has 1 aliphatic heterocycles. The third kappa shape index (κ3) is 6.83. The molecule has 1 aliphatic rings. The number of sulfonamides is 1. The van der Waals surface area contributed by atoms with Crippen molar-refractivity contribution < 1.29 is 32.6 Å². The van der Waals surface area contributed by atoms with Crippen LogP contribution in [-0.4, -0.2) is 78.9 Å². The maximum Gasteiger partial charge on any atom is 0.214 e. The van der Waals surface area contributed by atoms with Crippen LogP contribution in [0.5, 0.6) is 11.5 Å². The third-order valence-electron chi connectivity index (χ3n) is 7.67. The molecule has 218 valence electrons. The van der Waals surface area contributed by atoms with Crippen molar-refractivity contribution in [2.24, 2.45) is 11.8 Å². The molecule has 4 rings (SSSR count). The number of carbonyl (C=O) groups excluding carboxylic acids is 2. The first-order chi connectivity index (χ1) is 19.4. The largest absolute Gasteiger partial charge is 0.508 e. The molecule has 1 heterocycles. The van der Waals surface area contributed by atoms with Crippen molar-refractivity contribution in [1.29, 1.82) is 0 Å². The van der Waals surface area contributed by atoms with E-state index in [1.54, 1.807) is 13.0 Å². The van der Waals surface area contributed by atoms with Gasteiger partial charge in [0.2, 0.25) is 10.0 Å². The van der Waals surface area contributed by atoms with E-state index in [1.165, 1.54) is 65.0 Å². The molecule has 0 aromatic heterocycles. The first-order valence-electron chi connectivity index (χ1n) is 13.4. The maximum atomic E-state index is 14.9. The highest BCUT2D eigenvalue weighted by atomic mass is 32.2. The van der Waals surface area contributed by atoms with Gasteiger partial charge in [0.1, 0.15) is 17.3 Å². The number of phenolic OH excluding ortho intramolecular Hbond substituents is 2. The number of piperidine rings is 1. The van der Waals surface area contributed by atoms with Crippen LogP contribution >= 0.6 is 0 Å². The molecule has 1 saturated heterocycles. The Morgan fingerprint density at radius 3 is 1.90 bits per heavy atom. The zero-order chi connectivity index (χ0) is 29.9. The van der Waals surface area contributed by atoms with Gasteiger partial charge in [-0.1, -0.05) is 36.4 Å². The van der Waals surface area contributed by atoms with Crippen LogP contribution in [0.2, 0.25) is 0 Å². The fraction of sp³-hybridized carbons (Fsp3) is 0.355. The third-order valence-corrected chi connectivity index (χ3v) is 9.56. The average molecular weight is 583 g/mol. The topological polar surface area (TPSA) is 115 Å². The lowest BCUT2D eigenvalue weighted by molar-refractivity contribution is 0.0694. The Hall–Kier alpha value is -3.60. The van der Waals surface area contributed by atoms with Gasteiger partial charge < -0.3 is 15.1 Å². The predicted octanol–water partition coefficient (Wildman–Crippen LogP) is 4.22. The van der Waals surface area contributed by atoms with Crippen molar-refractivity contribution in [2.75, 3.05) is 39.5 Å². The Labute approximate surface area is 240 Å². The fourth-order valence-corrected chi connectivity index (χ4v) is 7.13. The molecule has 3 aromatic rings. The molecule has 41 heavy (non-hydrogen) atoms. The lowest BCUT2D eigenvalue weighted by atomic mass is 9.68. The van der Waals surface area contributed by atoms with Crippen molar-refractivity contribution in [2.45, 2.75) is 19.3 Å². The molecule has 2 unspecified atom stereocenters. The molecule has 8 nitrogen and oxygen atoms in total. The number of carbonyl (C=O) groups is 2. The monoisotopic (exact) mass is 582 g/mol. The van der Waals surface area contributed by atoms with Gasteiger partial charge in [-0.25, -0.2) is 17.1 Å². The first kappa shape index (κ1) is 30.4. The summed E-state index contributed by atoms with van der Waals surface area (Å²) in [5.41, 5.74) is 1.02. The van der Waals surface area contributed by atoms with Gasteiger partial charge in [0.15, 0.2) is 11.6 Å². The van der Waals surface area contributed by atoms with Gasteiger partial charge in [-0.2, -0.15) is 0 Å². The van der Waals surface area contributed by atoms with Crippen LogP contribution in [0.25, 0.3) is 0 Å². The lowest BCUT2D eigenvalue weighted by Gasteiger charge is -2.43. The van der Waals surface area contributed by atoms with Gasteiger partial charge in [-0.05, 0) is 75.4 Å². The maximum absolute atomic E-state index is 14.9. The number of hydrogen-bond donors (Lipinski definition) is 2. The molecule has 1 fully saturated rings. The molecule has 0 saturated carbocycles. The summed E-state index contributed by atoms with van der Waals surface area (Å²) in [5, 5.41) is 20.1. The highest BCUT2D eigenvalue weighted by molar-refractivity contribution is 7.89. The number of rotatable bonds is 10. The van der Waals surface area contributed by atoms with Gasteiger partial charge in [-0.15, -0.1) is 0 Å². The number of benzene rings is 3. The van der Waals surface area contributed by atoms with E-state index >= 15 is 0 Å². The quantitative estimate of drug-likeness (QED) is 0.344. The van der Waals surface area contributed by atoms with Crippen LogP contribution in [0.15, 0.2) is 66.7 Å². The molecule has 2 atom stereocenters. The van der Waals surface area contributed by atoms with Crippen LogP contribution in [0.4, 0.5) is 4.39 Å². The number of aromatic hydroxyl groups is 2. The Kier molecular flexibility index (Phi) is 9.26. The van der Waals surface area contributed by atoms with Crippen molar-refractivity contribution in [3.63, 3.8) is 0 Å². The van der Waals surface area contributed by atoms with E-state index in [2.05, 4.69) is 0 Å². The summed E-state index contributed by atoms with van der Waals surface area (Å²) < 4.78 is 43.3. The molecule has 0 aliphatic carbocycles. The second-order valence-electron chi connectivity index (χ2n) is 10.8. The fourth-order valence-electron chi connectivity index (χ4n) is 5.60. The molecule has 0 radical (unpaired) electrons. The summed E-state index contributed by atoms with van der Waals surface area (Å²) >= 11 is 0. The zero-order valence-electron chi connectivity index (χ0n) is 23.3. The Morgan fingerprint density at radius 2 is 1.41 bits per heavy atom. The van der Waals surface area contributed by atoms with E-state index in [0.29, 0.717) is 18.5 Å². The first-order valence-corrected chi connectivity index (χ1v) is 15.0. The van der Waals surface area contributed by atoms with Crippen LogP contribution in [0, 0.1) is 24.6 Å². The van der Waals surface area contributed by atoms with Crippen LogP contribution < -0.4 is 0 Å². The number of ketones is 2. The minimum Gasteiger partial charge on any atom is -0.508 e.